The molecule has 29 heavy (non-hydrogen) atoms. The van der Waals surface area contributed by atoms with E-state index in [-0.39, 0.29) is 42.8 Å². The minimum atomic E-state index is -0.328. The van der Waals surface area contributed by atoms with E-state index in [1.165, 1.54) is 10.5 Å². The van der Waals surface area contributed by atoms with E-state index in [1.54, 1.807) is 29.2 Å². The smallest absolute Gasteiger partial charge is 0.261 e. The number of carbonyl (C=O) groups excluding carboxylic acids is 3. The molecule has 2 aliphatic rings. The predicted octanol–water partition coefficient (Wildman–Crippen LogP) is 2.97. The van der Waals surface area contributed by atoms with Crippen LogP contribution in [0.3, 0.4) is 0 Å². The molecule has 0 aromatic heterocycles. The lowest BCUT2D eigenvalue weighted by molar-refractivity contribution is -0.144. The van der Waals surface area contributed by atoms with Gasteiger partial charge in [0.25, 0.3) is 11.8 Å². The zero-order valence-electron chi connectivity index (χ0n) is 16.6. The first kappa shape index (κ1) is 19.3. The number of nitrogens with zero attached hydrogens (tertiary/aromatic N) is 2. The molecule has 1 saturated heterocycles. The van der Waals surface area contributed by atoms with Crippen LogP contribution in [0.25, 0.3) is 0 Å². The van der Waals surface area contributed by atoms with Gasteiger partial charge >= 0.3 is 0 Å². The number of imide groups is 1. The van der Waals surface area contributed by atoms with Crippen LogP contribution in [0.4, 0.5) is 0 Å². The topological polar surface area (TPSA) is 66.9 Å². The van der Waals surface area contributed by atoms with Crippen LogP contribution in [0.15, 0.2) is 48.5 Å². The number of benzene rings is 2. The van der Waals surface area contributed by atoms with Gasteiger partial charge in [0, 0.05) is 13.0 Å². The maximum absolute atomic E-state index is 12.9. The Balaban J connectivity index is 1.41. The highest BCUT2D eigenvalue weighted by Gasteiger charge is 2.36. The van der Waals surface area contributed by atoms with Crippen LogP contribution < -0.4 is 0 Å². The van der Waals surface area contributed by atoms with Crippen molar-refractivity contribution in [2.75, 3.05) is 19.7 Å². The molecular formula is C23H24N2O4. The van der Waals surface area contributed by atoms with Crippen LogP contribution >= 0.6 is 0 Å². The Morgan fingerprint density at radius 2 is 1.66 bits per heavy atom. The molecular weight excluding hydrogens is 368 g/mol. The highest BCUT2D eigenvalue weighted by atomic mass is 16.5. The van der Waals surface area contributed by atoms with Gasteiger partial charge in [-0.25, -0.2) is 0 Å². The molecule has 0 radical (unpaired) electrons. The van der Waals surface area contributed by atoms with Crippen molar-refractivity contribution in [2.24, 2.45) is 0 Å². The molecule has 2 heterocycles. The van der Waals surface area contributed by atoms with Crippen LogP contribution in [0.1, 0.15) is 51.3 Å². The minimum absolute atomic E-state index is 0.0497. The van der Waals surface area contributed by atoms with Gasteiger partial charge in [-0.3, -0.25) is 19.3 Å². The van der Waals surface area contributed by atoms with E-state index in [0.29, 0.717) is 24.3 Å². The van der Waals surface area contributed by atoms with Gasteiger partial charge in [0.1, 0.15) is 6.10 Å². The number of rotatable bonds is 4. The maximum Gasteiger partial charge on any atom is 0.261 e. The highest BCUT2D eigenvalue weighted by molar-refractivity contribution is 6.21. The van der Waals surface area contributed by atoms with Crippen molar-refractivity contribution in [1.29, 1.82) is 0 Å². The number of hydrogen-bond donors (Lipinski definition) is 0. The largest absolute Gasteiger partial charge is 0.370 e. The quantitative estimate of drug-likeness (QED) is 0.751. The van der Waals surface area contributed by atoms with Gasteiger partial charge in [0.2, 0.25) is 5.91 Å². The van der Waals surface area contributed by atoms with E-state index in [0.717, 1.165) is 5.56 Å². The average Bonchev–Trinajstić information content (AvgIpc) is 2.97. The summed E-state index contributed by atoms with van der Waals surface area (Å²) in [6, 6.07) is 14.8. The fourth-order valence-electron chi connectivity index (χ4n) is 3.88. The minimum Gasteiger partial charge on any atom is -0.370 e. The Kier molecular flexibility index (Phi) is 5.20. The van der Waals surface area contributed by atoms with Crippen molar-refractivity contribution in [1.82, 2.24) is 9.80 Å². The van der Waals surface area contributed by atoms with E-state index in [1.807, 2.05) is 38.1 Å². The summed E-state index contributed by atoms with van der Waals surface area (Å²) < 4.78 is 5.94. The summed E-state index contributed by atoms with van der Waals surface area (Å²) in [6.45, 7) is 4.99. The van der Waals surface area contributed by atoms with E-state index in [2.05, 4.69) is 0 Å². The molecule has 0 aliphatic carbocycles. The van der Waals surface area contributed by atoms with Gasteiger partial charge in [-0.15, -0.1) is 0 Å². The van der Waals surface area contributed by atoms with Crippen molar-refractivity contribution in [3.05, 3.63) is 70.8 Å². The van der Waals surface area contributed by atoms with Gasteiger partial charge in [-0.1, -0.05) is 42.0 Å². The molecule has 150 valence electrons. The molecule has 0 spiro atoms. The molecule has 2 aromatic rings. The summed E-state index contributed by atoms with van der Waals surface area (Å²) in [5, 5.41) is 0. The normalized spacial score (nSPS) is 21.4. The summed E-state index contributed by atoms with van der Waals surface area (Å²) >= 11 is 0. The molecule has 0 bridgehead atoms. The van der Waals surface area contributed by atoms with Gasteiger partial charge < -0.3 is 9.64 Å². The molecule has 6 nitrogen and oxygen atoms in total. The first-order chi connectivity index (χ1) is 14.0. The van der Waals surface area contributed by atoms with E-state index in [4.69, 9.17) is 4.74 Å². The molecule has 3 amide bonds. The Morgan fingerprint density at radius 3 is 2.28 bits per heavy atom. The molecule has 0 N–H and O–H groups in total. The van der Waals surface area contributed by atoms with Gasteiger partial charge in [-0.05, 0) is 31.5 Å². The molecule has 1 fully saturated rings. The third-order valence-electron chi connectivity index (χ3n) is 5.63. The molecule has 6 heteroatoms. The second-order valence-corrected chi connectivity index (χ2v) is 7.69. The Labute approximate surface area is 170 Å². The lowest BCUT2D eigenvalue weighted by atomic mass is 10.0. The van der Waals surface area contributed by atoms with Crippen molar-refractivity contribution in [2.45, 2.75) is 32.4 Å². The predicted molar refractivity (Wildman–Crippen MR) is 107 cm³/mol. The first-order valence-corrected chi connectivity index (χ1v) is 9.88. The second-order valence-electron chi connectivity index (χ2n) is 7.69. The number of aryl methyl sites for hydroxylation is 1. The number of hydrogen-bond acceptors (Lipinski definition) is 4. The zero-order valence-corrected chi connectivity index (χ0v) is 16.6. The number of amides is 3. The zero-order chi connectivity index (χ0) is 20.5. The maximum atomic E-state index is 12.9. The fraction of sp³-hybridized carbons (Fsp3) is 0.348. The Morgan fingerprint density at radius 1 is 1.03 bits per heavy atom. The molecule has 4 rings (SSSR count). The Hall–Kier alpha value is -2.99. The molecule has 0 saturated carbocycles. The lowest BCUT2D eigenvalue weighted by Gasteiger charge is -2.38. The number of carbonyl (C=O) groups is 3. The number of ether oxygens (including phenoxy) is 1. The highest BCUT2D eigenvalue weighted by Crippen LogP contribution is 2.26. The lowest BCUT2D eigenvalue weighted by Crippen LogP contribution is -2.49. The fourth-order valence-corrected chi connectivity index (χ4v) is 3.88. The molecule has 2 atom stereocenters. The third-order valence-corrected chi connectivity index (χ3v) is 5.63. The third kappa shape index (κ3) is 3.68. The van der Waals surface area contributed by atoms with Gasteiger partial charge in [-0.2, -0.15) is 0 Å². The monoisotopic (exact) mass is 392 g/mol. The van der Waals surface area contributed by atoms with Crippen LogP contribution in [-0.2, 0) is 9.53 Å². The van der Waals surface area contributed by atoms with Crippen LogP contribution in [0.5, 0.6) is 0 Å². The van der Waals surface area contributed by atoms with Crippen molar-refractivity contribution in [3.63, 3.8) is 0 Å². The first-order valence-electron chi connectivity index (χ1n) is 9.88. The second kappa shape index (κ2) is 7.79. The van der Waals surface area contributed by atoms with Crippen LogP contribution in [0, 0.1) is 6.92 Å². The standard InChI is InChI=1S/C23H24N2O4/c1-15-7-9-17(10-8-15)20-13-25(16(2)14-29-20)21(26)11-12-24-22(27)18-5-3-4-6-19(18)23(24)28/h3-10,16,20H,11-14H2,1-2H3. The molecule has 2 unspecified atom stereocenters. The van der Waals surface area contributed by atoms with E-state index < -0.39 is 0 Å². The summed E-state index contributed by atoms with van der Waals surface area (Å²) in [6.07, 6.45) is -0.0637. The average molecular weight is 392 g/mol. The molecule has 2 aliphatic heterocycles. The molecule has 2 aromatic carbocycles. The van der Waals surface area contributed by atoms with Gasteiger partial charge in [0.15, 0.2) is 0 Å². The van der Waals surface area contributed by atoms with Crippen molar-refractivity contribution < 1.29 is 19.1 Å². The van der Waals surface area contributed by atoms with Crippen LogP contribution in [0.2, 0.25) is 0 Å². The number of fused-ring (bicyclic) bond motifs is 1. The number of morpholine rings is 1. The summed E-state index contributed by atoms with van der Waals surface area (Å²) in [7, 11) is 0. The van der Waals surface area contributed by atoms with E-state index in [9.17, 15) is 14.4 Å². The van der Waals surface area contributed by atoms with Gasteiger partial charge in [0.05, 0.1) is 30.3 Å². The summed E-state index contributed by atoms with van der Waals surface area (Å²) in [5.74, 6) is -0.730. The Bertz CT molecular complexity index is 919. The summed E-state index contributed by atoms with van der Waals surface area (Å²) in [4.78, 5) is 40.8. The van der Waals surface area contributed by atoms with E-state index >= 15 is 0 Å². The summed E-state index contributed by atoms with van der Waals surface area (Å²) in [5.41, 5.74) is 3.03. The SMILES string of the molecule is Cc1ccc(C2CN(C(=O)CCN3C(=O)c4ccccc4C3=O)C(C)CO2)cc1. The van der Waals surface area contributed by atoms with Crippen molar-refractivity contribution >= 4 is 17.7 Å². The van der Waals surface area contributed by atoms with Crippen molar-refractivity contribution in [3.8, 4) is 0 Å². The van der Waals surface area contributed by atoms with Crippen LogP contribution in [-0.4, -0.2) is 53.3 Å².